The maximum absolute atomic E-state index is 12.4. The minimum Gasteiger partial charge on any atom is -0.455 e. The van der Waals surface area contributed by atoms with E-state index in [-0.39, 0.29) is 37.1 Å². The van der Waals surface area contributed by atoms with E-state index in [1.807, 2.05) is 69.2 Å². The van der Waals surface area contributed by atoms with Gasteiger partial charge in [-0.1, -0.05) is 27.7 Å². The van der Waals surface area contributed by atoms with E-state index in [4.69, 9.17) is 18.9 Å². The fourth-order valence-electron chi connectivity index (χ4n) is 5.02. The molecule has 0 aliphatic heterocycles. The number of amides is 2. The summed E-state index contributed by atoms with van der Waals surface area (Å²) < 4.78 is 21.8. The molecule has 0 aliphatic carbocycles. The predicted molar refractivity (Wildman–Crippen MR) is 200 cm³/mol. The Kier molecular flexibility index (Phi) is 18.7. The zero-order valence-corrected chi connectivity index (χ0v) is 34.8. The number of rotatable bonds is 14. The fourth-order valence-corrected chi connectivity index (χ4v) is 6.72. The number of carbonyl (C=O) groups is 4. The zero-order valence-electron chi connectivity index (χ0n) is 33.2. The Bertz CT molecular complexity index is 1320. The molecule has 2 amide bonds. The molecule has 0 aliphatic rings. The van der Waals surface area contributed by atoms with Crippen molar-refractivity contribution in [1.82, 2.24) is 19.8 Å². The highest BCUT2D eigenvalue weighted by molar-refractivity contribution is 7.10. The second kappa shape index (κ2) is 20.8. The molecule has 0 radical (unpaired) electrons. The molecule has 2 aromatic heterocycles. The number of ether oxygens (including phenoxy) is 4. The van der Waals surface area contributed by atoms with Crippen LogP contribution in [0, 0.1) is 11.8 Å². The van der Waals surface area contributed by atoms with Crippen LogP contribution in [-0.4, -0.2) is 91.5 Å². The summed E-state index contributed by atoms with van der Waals surface area (Å²) in [5.41, 5.74) is -0.117. The molecule has 16 heteroatoms. The molecule has 0 fully saturated rings. The molecule has 2 aromatic rings. The van der Waals surface area contributed by atoms with Crippen LogP contribution in [0.3, 0.4) is 0 Å². The monoisotopic (exact) mass is 772 g/mol. The Hall–Kier alpha value is -3.34. The summed E-state index contributed by atoms with van der Waals surface area (Å²) in [6.45, 7) is 21.2. The van der Waals surface area contributed by atoms with E-state index >= 15 is 0 Å². The summed E-state index contributed by atoms with van der Waals surface area (Å²) in [5, 5.41) is 23.1. The van der Waals surface area contributed by atoms with Gasteiger partial charge in [-0.05, 0) is 53.4 Å². The first-order valence-corrected chi connectivity index (χ1v) is 19.0. The Morgan fingerprint density at radius 3 is 1.19 bits per heavy atom. The third-order valence-electron chi connectivity index (χ3n) is 7.44. The minimum absolute atomic E-state index is 0.114. The molecular weight excluding hydrogens is 713 g/mol. The lowest BCUT2D eigenvalue weighted by atomic mass is 9.96. The first kappa shape index (κ1) is 46.7. The molecule has 0 spiro atoms. The number of aliphatic hydroxyl groups excluding tert-OH is 2. The summed E-state index contributed by atoms with van der Waals surface area (Å²) in [6.07, 6.45) is -1.23. The summed E-state index contributed by atoms with van der Waals surface area (Å²) >= 11 is 2.65. The molecule has 0 aromatic carbocycles. The highest BCUT2D eigenvalue weighted by Gasteiger charge is 2.34. The topological polar surface area (TPSA) is 178 Å². The summed E-state index contributed by atoms with van der Waals surface area (Å²) in [4.78, 5) is 59.7. The van der Waals surface area contributed by atoms with Crippen molar-refractivity contribution in [1.29, 1.82) is 0 Å². The van der Waals surface area contributed by atoms with E-state index in [9.17, 15) is 29.4 Å². The van der Waals surface area contributed by atoms with Crippen molar-refractivity contribution in [2.45, 2.75) is 145 Å². The van der Waals surface area contributed by atoms with Crippen molar-refractivity contribution in [3.05, 3.63) is 32.2 Å². The molecule has 2 N–H and O–H groups in total. The Morgan fingerprint density at radius 1 is 0.673 bits per heavy atom. The SMILES string of the molecule is CC(=O)O[C@@H](CC(C(C)C)N(C)C(=O)OC(C)(C)C)c1nc(CO)cs1.CC(=O)O[C@H](CC(C(C)C)N(C)C(=O)OC(C)(C)C)c1nc(CO)cs1. The van der Waals surface area contributed by atoms with Gasteiger partial charge >= 0.3 is 24.1 Å². The van der Waals surface area contributed by atoms with Gasteiger partial charge in [0.2, 0.25) is 0 Å². The van der Waals surface area contributed by atoms with Crippen molar-refractivity contribution < 1.29 is 48.3 Å². The largest absolute Gasteiger partial charge is 0.455 e. The first-order chi connectivity index (χ1) is 23.9. The molecule has 2 unspecified atom stereocenters. The summed E-state index contributed by atoms with van der Waals surface area (Å²) in [7, 11) is 3.37. The van der Waals surface area contributed by atoms with E-state index < -0.39 is 47.5 Å². The maximum atomic E-state index is 12.4. The van der Waals surface area contributed by atoms with Gasteiger partial charge < -0.3 is 39.0 Å². The van der Waals surface area contributed by atoms with E-state index in [1.165, 1.54) is 36.5 Å². The van der Waals surface area contributed by atoms with Gasteiger partial charge in [-0.2, -0.15) is 0 Å². The summed E-state index contributed by atoms with van der Waals surface area (Å²) in [6, 6.07) is -0.425. The van der Waals surface area contributed by atoms with Crippen LogP contribution in [-0.2, 0) is 41.8 Å². The van der Waals surface area contributed by atoms with E-state index in [2.05, 4.69) is 9.97 Å². The number of esters is 2. The van der Waals surface area contributed by atoms with Crippen molar-refractivity contribution >= 4 is 46.8 Å². The van der Waals surface area contributed by atoms with Crippen molar-refractivity contribution in [2.24, 2.45) is 11.8 Å². The van der Waals surface area contributed by atoms with Crippen LogP contribution in [0.25, 0.3) is 0 Å². The quantitative estimate of drug-likeness (QED) is 0.148. The van der Waals surface area contributed by atoms with Gasteiger partial charge in [-0.25, -0.2) is 19.6 Å². The number of nitrogens with zero attached hydrogens (tertiary/aromatic N) is 4. The lowest BCUT2D eigenvalue weighted by Crippen LogP contribution is -2.44. The molecule has 2 heterocycles. The number of carbonyl (C=O) groups excluding carboxylic acids is 4. The first-order valence-electron chi connectivity index (χ1n) is 17.2. The van der Waals surface area contributed by atoms with Crippen molar-refractivity contribution in [2.75, 3.05) is 14.1 Å². The number of aliphatic hydroxyl groups is 2. The van der Waals surface area contributed by atoms with Gasteiger partial charge in [-0.3, -0.25) is 9.59 Å². The molecule has 14 nitrogen and oxygen atoms in total. The summed E-state index contributed by atoms with van der Waals surface area (Å²) in [5.74, 6) is -0.609. The van der Waals surface area contributed by atoms with Gasteiger partial charge in [0.05, 0.1) is 24.6 Å². The number of hydrogen-bond donors (Lipinski definition) is 2. The molecular formula is C36H60N4O10S2. The fraction of sp³-hybridized carbons (Fsp3) is 0.722. The van der Waals surface area contributed by atoms with E-state index in [0.717, 1.165) is 0 Å². The maximum Gasteiger partial charge on any atom is 0.410 e. The highest BCUT2D eigenvalue weighted by atomic mass is 32.1. The molecule has 2 rings (SSSR count). The van der Waals surface area contributed by atoms with Crippen LogP contribution in [0.4, 0.5) is 9.59 Å². The van der Waals surface area contributed by atoms with E-state index in [0.29, 0.717) is 34.2 Å². The molecule has 4 atom stereocenters. The van der Waals surface area contributed by atoms with Gasteiger partial charge in [0.25, 0.3) is 0 Å². The van der Waals surface area contributed by atoms with Crippen LogP contribution in [0.15, 0.2) is 10.8 Å². The van der Waals surface area contributed by atoms with Gasteiger partial charge in [0.15, 0.2) is 12.2 Å². The number of hydrogen-bond acceptors (Lipinski definition) is 14. The average molecular weight is 773 g/mol. The second-order valence-corrected chi connectivity index (χ2v) is 16.9. The van der Waals surface area contributed by atoms with Crippen LogP contribution in [0.1, 0.15) is 130 Å². The van der Waals surface area contributed by atoms with Gasteiger partial charge in [-0.15, -0.1) is 22.7 Å². The Balaban J connectivity index is 0.000000520. The third kappa shape index (κ3) is 16.6. The highest BCUT2D eigenvalue weighted by Crippen LogP contribution is 2.32. The van der Waals surface area contributed by atoms with Crippen molar-refractivity contribution in [3.63, 3.8) is 0 Å². The van der Waals surface area contributed by atoms with E-state index in [1.54, 1.807) is 34.7 Å². The molecule has 0 bridgehead atoms. The number of aromatic nitrogens is 2. The Labute approximate surface area is 316 Å². The molecule has 0 saturated heterocycles. The minimum atomic E-state index is -0.590. The lowest BCUT2D eigenvalue weighted by Gasteiger charge is -2.34. The van der Waals surface area contributed by atoms with Gasteiger partial charge in [0.1, 0.15) is 21.2 Å². The van der Waals surface area contributed by atoms with Crippen LogP contribution < -0.4 is 0 Å². The van der Waals surface area contributed by atoms with Gasteiger partial charge in [0, 0.05) is 63.6 Å². The lowest BCUT2D eigenvalue weighted by molar-refractivity contribution is -0.149. The normalized spacial score (nSPS) is 14.0. The Morgan fingerprint density at radius 2 is 0.981 bits per heavy atom. The van der Waals surface area contributed by atoms with Crippen LogP contribution >= 0.6 is 22.7 Å². The van der Waals surface area contributed by atoms with Crippen molar-refractivity contribution in [3.8, 4) is 0 Å². The second-order valence-electron chi connectivity index (χ2n) is 15.1. The molecule has 52 heavy (non-hydrogen) atoms. The third-order valence-corrected chi connectivity index (χ3v) is 9.41. The molecule has 0 saturated carbocycles. The predicted octanol–water partition coefficient (Wildman–Crippen LogP) is 7.04. The zero-order chi connectivity index (χ0) is 40.1. The average Bonchev–Trinajstić information content (AvgIpc) is 3.69. The smallest absolute Gasteiger partial charge is 0.410 e. The molecule has 296 valence electrons. The van der Waals surface area contributed by atoms with Crippen LogP contribution in [0.5, 0.6) is 0 Å². The number of thiazole rings is 2. The van der Waals surface area contributed by atoms with Crippen LogP contribution in [0.2, 0.25) is 0 Å². The standard InChI is InChI=1S/2C18H30N2O5S/c2*1-11(2)14(20(7)17(23)25-18(4,5)6)8-15(24-12(3)22)16-19-13(9-21)10-26-16/h2*10-11,14-15,21H,8-9H2,1-7H3/t2*14?,15-/m10/s1.